The van der Waals surface area contributed by atoms with Gasteiger partial charge in [-0.3, -0.25) is 0 Å². The summed E-state index contributed by atoms with van der Waals surface area (Å²) in [5.41, 5.74) is 2.68. The molecule has 3 nitrogen and oxygen atoms in total. The van der Waals surface area contributed by atoms with Crippen LogP contribution >= 0.6 is 0 Å². The van der Waals surface area contributed by atoms with E-state index in [1.807, 2.05) is 49.5 Å². The summed E-state index contributed by atoms with van der Waals surface area (Å²) in [6, 6.07) is 17.9. The van der Waals surface area contributed by atoms with Crippen LogP contribution in [0.15, 0.2) is 48.5 Å². The Hall–Kier alpha value is -2.31. The van der Waals surface area contributed by atoms with E-state index in [0.717, 1.165) is 16.9 Å². The van der Waals surface area contributed by atoms with Crippen LogP contribution in [0.5, 0.6) is 5.75 Å². The minimum absolute atomic E-state index is 0.220. The van der Waals surface area contributed by atoms with Gasteiger partial charge in [-0.05, 0) is 26.1 Å². The van der Waals surface area contributed by atoms with Crippen molar-refractivity contribution in [1.82, 2.24) is 5.32 Å². The van der Waals surface area contributed by atoms with Gasteiger partial charge < -0.3 is 10.1 Å². The molecule has 1 atom stereocenters. The molecule has 0 aromatic heterocycles. The van der Waals surface area contributed by atoms with Crippen LogP contribution in [0.3, 0.4) is 0 Å². The van der Waals surface area contributed by atoms with Gasteiger partial charge in [0.2, 0.25) is 0 Å². The molecule has 1 unspecified atom stereocenters. The molecular weight excluding hydrogens is 248 g/mol. The first-order valence-corrected chi connectivity index (χ1v) is 6.63. The molecule has 20 heavy (non-hydrogen) atoms. The third-order valence-electron chi connectivity index (χ3n) is 3.34. The molecule has 0 heterocycles. The minimum atomic E-state index is 0.220. The highest BCUT2D eigenvalue weighted by molar-refractivity contribution is 5.39. The minimum Gasteiger partial charge on any atom is -0.489 e. The Bertz CT molecular complexity index is 616. The van der Waals surface area contributed by atoms with Crippen LogP contribution < -0.4 is 10.1 Å². The average molecular weight is 266 g/mol. The Balaban J connectivity index is 2.17. The Morgan fingerprint density at radius 1 is 1.15 bits per heavy atom. The van der Waals surface area contributed by atoms with E-state index in [4.69, 9.17) is 10.00 Å². The van der Waals surface area contributed by atoms with Crippen LogP contribution in [0, 0.1) is 11.3 Å². The van der Waals surface area contributed by atoms with Gasteiger partial charge in [0, 0.05) is 17.2 Å². The number of benzene rings is 2. The van der Waals surface area contributed by atoms with Gasteiger partial charge >= 0.3 is 0 Å². The third kappa shape index (κ3) is 3.17. The molecule has 102 valence electrons. The fraction of sp³-hybridized carbons (Fsp3) is 0.235. The molecule has 0 fully saturated rings. The summed E-state index contributed by atoms with van der Waals surface area (Å²) in [5.74, 6) is 0.849. The van der Waals surface area contributed by atoms with Crippen molar-refractivity contribution in [3.05, 3.63) is 65.2 Å². The molecule has 0 saturated carbocycles. The zero-order valence-corrected chi connectivity index (χ0v) is 11.8. The summed E-state index contributed by atoms with van der Waals surface area (Å²) in [6.45, 7) is 2.49. The van der Waals surface area contributed by atoms with Gasteiger partial charge in [0.25, 0.3) is 0 Å². The maximum absolute atomic E-state index is 9.08. The van der Waals surface area contributed by atoms with Crippen LogP contribution in [0.2, 0.25) is 0 Å². The van der Waals surface area contributed by atoms with Crippen molar-refractivity contribution < 1.29 is 4.74 Å². The highest BCUT2D eigenvalue weighted by Gasteiger charge is 2.10. The molecule has 0 spiro atoms. The number of para-hydroxylation sites is 1. The highest BCUT2D eigenvalue weighted by Crippen LogP contribution is 2.25. The second kappa shape index (κ2) is 6.74. The maximum atomic E-state index is 9.08. The zero-order valence-electron chi connectivity index (χ0n) is 11.8. The van der Waals surface area contributed by atoms with Crippen LogP contribution in [0.1, 0.15) is 29.7 Å². The van der Waals surface area contributed by atoms with Crippen molar-refractivity contribution >= 4 is 0 Å². The van der Waals surface area contributed by atoms with Gasteiger partial charge in [-0.2, -0.15) is 5.26 Å². The lowest BCUT2D eigenvalue weighted by Crippen LogP contribution is -2.13. The number of ether oxygens (including phenoxy) is 1. The number of nitrogens with zero attached hydrogens (tertiary/aromatic N) is 1. The van der Waals surface area contributed by atoms with E-state index in [2.05, 4.69) is 18.3 Å². The molecule has 0 saturated heterocycles. The lowest BCUT2D eigenvalue weighted by molar-refractivity contribution is 0.300. The molecule has 2 aromatic rings. The van der Waals surface area contributed by atoms with E-state index >= 15 is 0 Å². The van der Waals surface area contributed by atoms with Crippen molar-refractivity contribution in [2.24, 2.45) is 0 Å². The lowest BCUT2D eigenvalue weighted by Gasteiger charge is -2.16. The van der Waals surface area contributed by atoms with Gasteiger partial charge in [0.15, 0.2) is 0 Å². The molecule has 1 N–H and O–H groups in total. The second-order valence-electron chi connectivity index (χ2n) is 4.61. The zero-order chi connectivity index (χ0) is 14.4. The standard InChI is InChI=1S/C17H18N2O/c1-13(19-2)16-9-5-6-10-17(16)20-12-15-8-4-3-7-14(15)11-18/h3-10,13,19H,12H2,1-2H3. The normalized spacial score (nSPS) is 11.7. The molecule has 0 aliphatic heterocycles. The van der Waals surface area contributed by atoms with Gasteiger partial charge in [-0.1, -0.05) is 36.4 Å². The smallest absolute Gasteiger partial charge is 0.124 e. The monoisotopic (exact) mass is 266 g/mol. The topological polar surface area (TPSA) is 45.0 Å². The van der Waals surface area contributed by atoms with E-state index in [0.29, 0.717) is 12.2 Å². The predicted molar refractivity (Wildman–Crippen MR) is 79.4 cm³/mol. The lowest BCUT2D eigenvalue weighted by atomic mass is 10.1. The molecule has 0 radical (unpaired) electrons. The van der Waals surface area contributed by atoms with Gasteiger partial charge in [-0.25, -0.2) is 0 Å². The molecular formula is C17H18N2O. The largest absolute Gasteiger partial charge is 0.489 e. The van der Waals surface area contributed by atoms with E-state index in [1.165, 1.54) is 0 Å². The number of rotatable bonds is 5. The first-order chi connectivity index (χ1) is 9.76. The van der Waals surface area contributed by atoms with E-state index in [9.17, 15) is 0 Å². The van der Waals surface area contributed by atoms with Crippen LogP contribution in [-0.2, 0) is 6.61 Å². The number of hydrogen-bond acceptors (Lipinski definition) is 3. The summed E-state index contributed by atoms with van der Waals surface area (Å²) >= 11 is 0. The summed E-state index contributed by atoms with van der Waals surface area (Å²) in [6.07, 6.45) is 0. The Kier molecular flexibility index (Phi) is 4.75. The van der Waals surface area contributed by atoms with Crippen LogP contribution in [-0.4, -0.2) is 7.05 Å². The number of hydrogen-bond donors (Lipinski definition) is 1. The molecule has 0 amide bonds. The molecule has 0 aliphatic carbocycles. The van der Waals surface area contributed by atoms with Crippen molar-refractivity contribution in [3.63, 3.8) is 0 Å². The van der Waals surface area contributed by atoms with E-state index in [1.54, 1.807) is 6.07 Å². The van der Waals surface area contributed by atoms with Crippen molar-refractivity contribution in [2.75, 3.05) is 7.05 Å². The molecule has 2 aromatic carbocycles. The third-order valence-corrected chi connectivity index (χ3v) is 3.34. The Morgan fingerprint density at radius 3 is 2.60 bits per heavy atom. The molecule has 3 heteroatoms. The van der Waals surface area contributed by atoms with Crippen molar-refractivity contribution in [2.45, 2.75) is 19.6 Å². The summed E-state index contributed by atoms with van der Waals surface area (Å²) in [5, 5.41) is 12.3. The quantitative estimate of drug-likeness (QED) is 0.902. The maximum Gasteiger partial charge on any atom is 0.124 e. The van der Waals surface area contributed by atoms with Crippen LogP contribution in [0.4, 0.5) is 0 Å². The van der Waals surface area contributed by atoms with Crippen molar-refractivity contribution in [1.29, 1.82) is 5.26 Å². The highest BCUT2D eigenvalue weighted by atomic mass is 16.5. The second-order valence-corrected chi connectivity index (χ2v) is 4.61. The summed E-state index contributed by atoms with van der Waals surface area (Å²) < 4.78 is 5.90. The molecule has 0 bridgehead atoms. The van der Waals surface area contributed by atoms with E-state index < -0.39 is 0 Å². The van der Waals surface area contributed by atoms with Gasteiger partial charge in [0.1, 0.15) is 12.4 Å². The number of nitriles is 1. The first-order valence-electron chi connectivity index (χ1n) is 6.63. The first kappa shape index (κ1) is 14.1. The van der Waals surface area contributed by atoms with Gasteiger partial charge in [0.05, 0.1) is 11.6 Å². The molecule has 2 rings (SSSR count). The predicted octanol–water partition coefficient (Wildman–Crippen LogP) is 3.42. The Labute approximate surface area is 119 Å². The SMILES string of the molecule is CNC(C)c1ccccc1OCc1ccccc1C#N. The molecule has 0 aliphatic rings. The fourth-order valence-corrected chi connectivity index (χ4v) is 2.04. The van der Waals surface area contributed by atoms with Crippen molar-refractivity contribution in [3.8, 4) is 11.8 Å². The van der Waals surface area contributed by atoms with Gasteiger partial charge in [-0.15, -0.1) is 0 Å². The average Bonchev–Trinajstić information content (AvgIpc) is 2.52. The summed E-state index contributed by atoms with van der Waals surface area (Å²) in [7, 11) is 1.92. The van der Waals surface area contributed by atoms with Crippen LogP contribution in [0.25, 0.3) is 0 Å². The summed E-state index contributed by atoms with van der Waals surface area (Å²) in [4.78, 5) is 0. The number of nitrogens with one attached hydrogen (secondary N) is 1. The Morgan fingerprint density at radius 2 is 1.85 bits per heavy atom. The van der Waals surface area contributed by atoms with E-state index in [-0.39, 0.29) is 6.04 Å². The fourth-order valence-electron chi connectivity index (χ4n) is 2.04.